The number of nitrogens with zero attached hydrogens (tertiary/aromatic N) is 5. The van der Waals surface area contributed by atoms with Crippen LogP contribution in [0.1, 0.15) is 12.6 Å². The Bertz CT molecular complexity index is 1200. The minimum absolute atomic E-state index is 0.120. The molecule has 0 spiro atoms. The van der Waals surface area contributed by atoms with Crippen molar-refractivity contribution in [2.45, 2.75) is 34.7 Å². The Hall–Kier alpha value is -2.59. The van der Waals surface area contributed by atoms with Crippen molar-refractivity contribution in [1.82, 2.24) is 14.6 Å². The molecule has 2 N–H and O–H groups in total. The first-order valence-corrected chi connectivity index (χ1v) is 11.9. The van der Waals surface area contributed by atoms with Crippen molar-refractivity contribution in [3.8, 4) is 0 Å². The highest BCUT2D eigenvalue weighted by atomic mass is 32.2. The number of nitrogens with two attached hydrogens (primary N) is 1. The summed E-state index contributed by atoms with van der Waals surface area (Å²) in [5.41, 5.74) is 7.08. The van der Waals surface area contributed by atoms with Gasteiger partial charge in [0.1, 0.15) is 16.7 Å². The Kier molecular flexibility index (Phi) is 4.99. The number of aryl methyl sites for hydroxylation is 1. The van der Waals surface area contributed by atoms with E-state index in [1.54, 1.807) is 34.8 Å². The molecule has 152 valence electrons. The molecule has 1 atom stereocenters. The van der Waals surface area contributed by atoms with E-state index in [-0.39, 0.29) is 15.8 Å². The van der Waals surface area contributed by atoms with Crippen molar-refractivity contribution in [2.24, 2.45) is 10.7 Å². The molecule has 8 nitrogen and oxygen atoms in total. The zero-order valence-electron chi connectivity index (χ0n) is 16.4. The van der Waals surface area contributed by atoms with Gasteiger partial charge in [-0.3, -0.25) is 4.99 Å². The lowest BCUT2D eigenvalue weighted by molar-refractivity contribution is 0.594. The third-order valence-electron chi connectivity index (χ3n) is 4.97. The molecule has 1 aliphatic heterocycles. The number of aliphatic imine (C=N–C) groups is 1. The highest BCUT2D eigenvalue weighted by Gasteiger charge is 2.31. The summed E-state index contributed by atoms with van der Waals surface area (Å²) in [6, 6.07) is 10.2. The molecule has 0 unspecified atom stereocenters. The van der Waals surface area contributed by atoms with Gasteiger partial charge >= 0.3 is 0 Å². The molecule has 1 aliphatic rings. The number of sulfone groups is 1. The van der Waals surface area contributed by atoms with Crippen LogP contribution in [0.15, 0.2) is 56.2 Å². The van der Waals surface area contributed by atoms with Crippen LogP contribution in [-0.4, -0.2) is 54.2 Å². The van der Waals surface area contributed by atoms with Gasteiger partial charge in [-0.25, -0.2) is 13.4 Å². The number of amidine groups is 1. The average molecular weight is 431 g/mol. The largest absolute Gasteiger partial charge is 0.386 e. The minimum Gasteiger partial charge on any atom is -0.386 e. The number of aromatic nitrogens is 3. The van der Waals surface area contributed by atoms with Crippen molar-refractivity contribution >= 4 is 38.9 Å². The van der Waals surface area contributed by atoms with E-state index in [4.69, 9.17) is 5.73 Å². The van der Waals surface area contributed by atoms with Crippen molar-refractivity contribution in [2.75, 3.05) is 24.2 Å². The van der Waals surface area contributed by atoms with Crippen molar-refractivity contribution < 1.29 is 8.42 Å². The molecule has 4 rings (SSSR count). The predicted molar refractivity (Wildman–Crippen MR) is 115 cm³/mol. The zero-order valence-corrected chi connectivity index (χ0v) is 18.0. The number of hydrogen-bond acceptors (Lipinski definition) is 8. The van der Waals surface area contributed by atoms with Gasteiger partial charge in [-0.15, -0.1) is 11.8 Å². The monoisotopic (exact) mass is 430 g/mol. The average Bonchev–Trinajstić information content (AvgIpc) is 3.09. The number of fused-ring (bicyclic) bond motifs is 1. The fourth-order valence-electron chi connectivity index (χ4n) is 3.46. The SMILES string of the molecule is CSc1nn2c(N3CCN=C(N)[C@H]3C)cc(C)nc2c1S(=O)(=O)c1ccccc1. The van der Waals surface area contributed by atoms with E-state index in [2.05, 4.69) is 20.0 Å². The second-order valence-electron chi connectivity index (χ2n) is 6.82. The second kappa shape index (κ2) is 7.34. The summed E-state index contributed by atoms with van der Waals surface area (Å²) in [7, 11) is -3.79. The second-order valence-corrected chi connectivity index (χ2v) is 9.50. The summed E-state index contributed by atoms with van der Waals surface area (Å²) < 4.78 is 28.5. The van der Waals surface area contributed by atoms with E-state index in [1.165, 1.54) is 11.8 Å². The maximum absolute atomic E-state index is 13.4. The van der Waals surface area contributed by atoms with Crippen LogP contribution >= 0.6 is 11.8 Å². The topological polar surface area (TPSA) is 106 Å². The lowest BCUT2D eigenvalue weighted by Gasteiger charge is -2.33. The molecule has 0 saturated carbocycles. The Morgan fingerprint density at radius 2 is 1.97 bits per heavy atom. The smallest absolute Gasteiger partial charge is 0.213 e. The molecule has 0 amide bonds. The van der Waals surface area contributed by atoms with E-state index >= 15 is 0 Å². The molecular weight excluding hydrogens is 408 g/mol. The number of rotatable bonds is 4. The highest BCUT2D eigenvalue weighted by molar-refractivity contribution is 7.99. The molecule has 10 heteroatoms. The first kappa shape index (κ1) is 19.7. The Morgan fingerprint density at radius 1 is 1.24 bits per heavy atom. The fraction of sp³-hybridized carbons (Fsp3) is 0.316. The third kappa shape index (κ3) is 3.25. The number of benzene rings is 1. The molecule has 0 aliphatic carbocycles. The van der Waals surface area contributed by atoms with Crippen molar-refractivity contribution in [1.29, 1.82) is 0 Å². The van der Waals surface area contributed by atoms with Crippen LogP contribution in [0.2, 0.25) is 0 Å². The summed E-state index contributed by atoms with van der Waals surface area (Å²) in [6.45, 7) is 5.06. The third-order valence-corrected chi connectivity index (χ3v) is 7.57. The van der Waals surface area contributed by atoms with E-state index in [9.17, 15) is 8.42 Å². The van der Waals surface area contributed by atoms with Gasteiger partial charge in [-0.1, -0.05) is 18.2 Å². The first-order chi connectivity index (χ1) is 13.8. The molecule has 0 bridgehead atoms. The summed E-state index contributed by atoms with van der Waals surface area (Å²) in [5, 5.41) is 5.03. The molecule has 2 aromatic heterocycles. The van der Waals surface area contributed by atoms with Gasteiger partial charge in [0.15, 0.2) is 10.5 Å². The van der Waals surface area contributed by atoms with E-state index in [1.807, 2.05) is 26.2 Å². The van der Waals surface area contributed by atoms with Crippen LogP contribution in [0.3, 0.4) is 0 Å². The number of hydrogen-bond donors (Lipinski definition) is 1. The standard InChI is InChI=1S/C19H22N6O2S2/c1-12-11-15(24-10-9-21-17(20)13(24)2)25-18(22-12)16(19(23-25)28-3)29(26,27)14-7-5-4-6-8-14/h4-8,11,13H,9-10H2,1-3H3,(H2,20,21)/t13-/m1/s1. The van der Waals surface area contributed by atoms with Crippen molar-refractivity contribution in [3.63, 3.8) is 0 Å². The molecule has 3 aromatic rings. The maximum Gasteiger partial charge on any atom is 0.213 e. The van der Waals surface area contributed by atoms with Gasteiger partial charge in [0.25, 0.3) is 0 Å². The van der Waals surface area contributed by atoms with Gasteiger partial charge < -0.3 is 10.6 Å². The van der Waals surface area contributed by atoms with Crippen LogP contribution in [0.25, 0.3) is 5.65 Å². The Labute approximate surface area is 173 Å². The van der Waals surface area contributed by atoms with E-state index in [0.717, 1.165) is 5.82 Å². The Balaban J connectivity index is 1.99. The quantitative estimate of drug-likeness (QED) is 0.632. The normalized spacial score (nSPS) is 17.6. The van der Waals surface area contributed by atoms with Crippen molar-refractivity contribution in [3.05, 3.63) is 42.1 Å². The van der Waals surface area contributed by atoms with Gasteiger partial charge in [0.05, 0.1) is 17.5 Å². The number of thioether (sulfide) groups is 1. The van der Waals surface area contributed by atoms with Gasteiger partial charge in [0.2, 0.25) is 9.84 Å². The maximum atomic E-state index is 13.4. The van der Waals surface area contributed by atoms with Gasteiger partial charge in [0, 0.05) is 18.3 Å². The predicted octanol–water partition coefficient (Wildman–Crippen LogP) is 2.16. The van der Waals surface area contributed by atoms with E-state index < -0.39 is 9.84 Å². The zero-order chi connectivity index (χ0) is 20.8. The van der Waals surface area contributed by atoms with Crippen LogP contribution in [0.4, 0.5) is 5.82 Å². The summed E-state index contributed by atoms with van der Waals surface area (Å²) in [5.74, 6) is 1.30. The summed E-state index contributed by atoms with van der Waals surface area (Å²) in [6.07, 6.45) is 1.81. The number of anilines is 1. The summed E-state index contributed by atoms with van der Waals surface area (Å²) in [4.78, 5) is 11.3. The summed E-state index contributed by atoms with van der Waals surface area (Å²) >= 11 is 1.29. The van der Waals surface area contributed by atoms with Crippen LogP contribution in [0.5, 0.6) is 0 Å². The molecule has 0 fully saturated rings. The first-order valence-electron chi connectivity index (χ1n) is 9.15. The van der Waals surface area contributed by atoms with Crippen LogP contribution in [0, 0.1) is 6.92 Å². The lowest BCUT2D eigenvalue weighted by atomic mass is 10.2. The molecule has 1 aromatic carbocycles. The van der Waals surface area contributed by atoms with Crippen LogP contribution < -0.4 is 10.6 Å². The highest BCUT2D eigenvalue weighted by Crippen LogP contribution is 2.34. The Morgan fingerprint density at radius 3 is 2.66 bits per heavy atom. The van der Waals surface area contributed by atoms with Gasteiger partial charge in [-0.05, 0) is 32.2 Å². The molecular formula is C19H22N6O2S2. The molecule has 29 heavy (non-hydrogen) atoms. The lowest BCUT2D eigenvalue weighted by Crippen LogP contribution is -2.48. The molecule has 0 radical (unpaired) electrons. The van der Waals surface area contributed by atoms with E-state index in [0.29, 0.717) is 35.3 Å². The molecule has 3 heterocycles. The fourth-order valence-corrected chi connectivity index (χ4v) is 5.87. The van der Waals surface area contributed by atoms with Crippen LogP contribution in [-0.2, 0) is 9.84 Å². The van der Waals surface area contributed by atoms with Gasteiger partial charge in [-0.2, -0.15) is 9.61 Å². The minimum atomic E-state index is -3.79. The molecule has 0 saturated heterocycles.